The van der Waals surface area contributed by atoms with Crippen molar-refractivity contribution in [1.82, 2.24) is 0 Å². The number of rotatable bonds is 6. The molecule has 5 rings (SSSR count). The van der Waals surface area contributed by atoms with Crippen LogP contribution < -0.4 is 14.0 Å². The lowest BCUT2D eigenvalue weighted by Gasteiger charge is -2.07. The number of ether oxygens (including phenoxy) is 2. The van der Waals surface area contributed by atoms with Crippen LogP contribution in [0.1, 0.15) is 47.5 Å². The SMILES string of the molecule is CC(C)C[n+]1c(/C=C/c2ccc3c(c2)CCO3)cccc1/C=C/c1ccc2c(c1)CCO2. The third-order valence-electron chi connectivity index (χ3n) is 6.03. The van der Waals surface area contributed by atoms with E-state index < -0.39 is 0 Å². The molecule has 3 nitrogen and oxygen atoms in total. The molecule has 1 aromatic heterocycles. The maximum atomic E-state index is 5.64. The van der Waals surface area contributed by atoms with Crippen molar-refractivity contribution in [1.29, 1.82) is 0 Å². The lowest BCUT2D eigenvalue weighted by atomic mass is 10.1. The van der Waals surface area contributed by atoms with Crippen LogP contribution >= 0.6 is 0 Å². The number of pyridine rings is 1. The van der Waals surface area contributed by atoms with Crippen LogP contribution in [0.3, 0.4) is 0 Å². The Bertz CT molecular complexity index is 1100. The summed E-state index contributed by atoms with van der Waals surface area (Å²) in [6, 6.07) is 19.5. The van der Waals surface area contributed by atoms with Gasteiger partial charge in [-0.05, 0) is 64.7 Å². The van der Waals surface area contributed by atoms with E-state index in [0.717, 1.165) is 44.1 Å². The van der Waals surface area contributed by atoms with Crippen molar-refractivity contribution in [2.75, 3.05) is 13.2 Å². The molecule has 0 aliphatic carbocycles. The molecule has 0 radical (unpaired) electrons. The molecule has 3 aromatic rings. The first-order valence-corrected chi connectivity index (χ1v) is 11.6. The van der Waals surface area contributed by atoms with Crippen LogP contribution in [0.15, 0.2) is 54.6 Å². The van der Waals surface area contributed by atoms with Gasteiger partial charge in [-0.2, -0.15) is 4.57 Å². The van der Waals surface area contributed by atoms with Crippen molar-refractivity contribution in [3.8, 4) is 11.5 Å². The molecule has 0 saturated carbocycles. The Balaban J connectivity index is 1.44. The van der Waals surface area contributed by atoms with Gasteiger partial charge in [-0.3, -0.25) is 0 Å². The van der Waals surface area contributed by atoms with Crippen LogP contribution in [0.5, 0.6) is 11.5 Å². The molecule has 0 bridgehead atoms. The lowest BCUT2D eigenvalue weighted by Crippen LogP contribution is -2.42. The van der Waals surface area contributed by atoms with Crippen molar-refractivity contribution in [3.05, 3.63) is 88.2 Å². The van der Waals surface area contributed by atoms with E-state index in [2.05, 4.69) is 97.3 Å². The number of aromatic nitrogens is 1. The molecule has 0 saturated heterocycles. The zero-order valence-electron chi connectivity index (χ0n) is 18.9. The van der Waals surface area contributed by atoms with Crippen molar-refractivity contribution in [2.45, 2.75) is 33.2 Å². The van der Waals surface area contributed by atoms with Crippen LogP contribution in [0.2, 0.25) is 0 Å². The average Bonchev–Trinajstić information content (AvgIpc) is 3.45. The Hall–Kier alpha value is -3.33. The van der Waals surface area contributed by atoms with Crippen molar-refractivity contribution < 1.29 is 14.0 Å². The van der Waals surface area contributed by atoms with Crippen molar-refractivity contribution in [2.24, 2.45) is 5.92 Å². The number of hydrogen-bond donors (Lipinski definition) is 0. The van der Waals surface area contributed by atoms with E-state index in [1.807, 2.05) is 0 Å². The molecule has 0 N–H and O–H groups in total. The summed E-state index contributed by atoms with van der Waals surface area (Å²) in [6.07, 6.45) is 10.9. The molecule has 162 valence electrons. The second-order valence-corrected chi connectivity index (χ2v) is 8.98. The van der Waals surface area contributed by atoms with Gasteiger partial charge in [0, 0.05) is 43.0 Å². The van der Waals surface area contributed by atoms with E-state index in [0.29, 0.717) is 5.92 Å². The Labute approximate surface area is 190 Å². The highest BCUT2D eigenvalue weighted by Crippen LogP contribution is 2.27. The second-order valence-electron chi connectivity index (χ2n) is 8.98. The van der Waals surface area contributed by atoms with E-state index in [1.54, 1.807) is 0 Å². The van der Waals surface area contributed by atoms with Gasteiger partial charge in [0.1, 0.15) is 11.5 Å². The van der Waals surface area contributed by atoms with Crippen LogP contribution in [-0.4, -0.2) is 13.2 Å². The fourth-order valence-corrected chi connectivity index (χ4v) is 4.42. The van der Waals surface area contributed by atoms with Gasteiger partial charge in [0.05, 0.1) is 13.2 Å². The minimum absolute atomic E-state index is 0.552. The summed E-state index contributed by atoms with van der Waals surface area (Å²) >= 11 is 0. The molecule has 0 amide bonds. The standard InChI is InChI=1S/C29H30NO2/c1-21(2)20-30-26(10-6-22-8-12-28-24(18-22)14-16-31-28)4-3-5-27(30)11-7-23-9-13-29-25(19-23)15-17-32-29/h3-13,18-19,21H,14-17,20H2,1-2H3/q+1/b10-6+,11-7+. The summed E-state index contributed by atoms with van der Waals surface area (Å²) in [5.74, 6) is 2.61. The van der Waals surface area contributed by atoms with Gasteiger partial charge in [-0.1, -0.05) is 26.0 Å². The van der Waals surface area contributed by atoms with Gasteiger partial charge in [-0.15, -0.1) is 0 Å². The summed E-state index contributed by atoms with van der Waals surface area (Å²) in [5, 5.41) is 0. The fourth-order valence-electron chi connectivity index (χ4n) is 4.42. The van der Waals surface area contributed by atoms with Gasteiger partial charge < -0.3 is 9.47 Å². The molecule has 3 heteroatoms. The first kappa shape index (κ1) is 20.6. The summed E-state index contributed by atoms with van der Waals surface area (Å²) in [7, 11) is 0. The highest BCUT2D eigenvalue weighted by atomic mass is 16.5. The minimum Gasteiger partial charge on any atom is -0.493 e. The van der Waals surface area contributed by atoms with E-state index >= 15 is 0 Å². The number of benzene rings is 2. The molecule has 2 aliphatic rings. The molecular formula is C29H30NO2+. The second kappa shape index (κ2) is 9.04. The van der Waals surface area contributed by atoms with E-state index in [4.69, 9.17) is 9.47 Å². The quantitative estimate of drug-likeness (QED) is 0.464. The summed E-state index contributed by atoms with van der Waals surface area (Å²) < 4.78 is 13.7. The monoisotopic (exact) mass is 424 g/mol. The summed E-state index contributed by atoms with van der Waals surface area (Å²) in [4.78, 5) is 0. The Kier molecular flexibility index (Phi) is 5.81. The smallest absolute Gasteiger partial charge is 0.205 e. The van der Waals surface area contributed by atoms with E-state index in [-0.39, 0.29) is 0 Å². The maximum absolute atomic E-state index is 5.64. The van der Waals surface area contributed by atoms with Gasteiger partial charge >= 0.3 is 0 Å². The molecule has 2 aliphatic heterocycles. The molecule has 3 heterocycles. The average molecular weight is 425 g/mol. The van der Waals surface area contributed by atoms with Crippen LogP contribution in [0.25, 0.3) is 24.3 Å². The van der Waals surface area contributed by atoms with Crippen LogP contribution in [-0.2, 0) is 19.4 Å². The van der Waals surface area contributed by atoms with Crippen LogP contribution in [0.4, 0.5) is 0 Å². The topological polar surface area (TPSA) is 22.3 Å². The molecule has 32 heavy (non-hydrogen) atoms. The number of fused-ring (bicyclic) bond motifs is 2. The number of hydrogen-bond acceptors (Lipinski definition) is 2. The number of nitrogens with zero attached hydrogens (tertiary/aromatic N) is 1. The third-order valence-corrected chi connectivity index (χ3v) is 6.03. The molecular weight excluding hydrogens is 394 g/mol. The van der Waals surface area contributed by atoms with Crippen molar-refractivity contribution in [3.63, 3.8) is 0 Å². The van der Waals surface area contributed by atoms with E-state index in [1.165, 1.54) is 33.6 Å². The van der Waals surface area contributed by atoms with Gasteiger partial charge in [0.2, 0.25) is 11.4 Å². The van der Waals surface area contributed by atoms with Gasteiger partial charge in [0.25, 0.3) is 0 Å². The molecule has 2 aromatic carbocycles. The zero-order chi connectivity index (χ0) is 21.9. The Morgan fingerprint density at radius 3 is 1.78 bits per heavy atom. The largest absolute Gasteiger partial charge is 0.493 e. The minimum atomic E-state index is 0.552. The zero-order valence-corrected chi connectivity index (χ0v) is 18.9. The third kappa shape index (κ3) is 4.47. The predicted molar refractivity (Wildman–Crippen MR) is 131 cm³/mol. The van der Waals surface area contributed by atoms with E-state index in [9.17, 15) is 0 Å². The van der Waals surface area contributed by atoms with Gasteiger partial charge in [0.15, 0.2) is 6.54 Å². The summed E-state index contributed by atoms with van der Waals surface area (Å²) in [6.45, 7) is 7.09. The molecule has 0 atom stereocenters. The fraction of sp³-hybridized carbons (Fsp3) is 0.276. The summed E-state index contributed by atoms with van der Waals surface area (Å²) in [5.41, 5.74) is 7.45. The van der Waals surface area contributed by atoms with Gasteiger partial charge in [-0.25, -0.2) is 0 Å². The highest BCUT2D eigenvalue weighted by Gasteiger charge is 2.16. The molecule has 0 fully saturated rings. The lowest BCUT2D eigenvalue weighted by molar-refractivity contribution is -0.705. The maximum Gasteiger partial charge on any atom is 0.205 e. The van der Waals surface area contributed by atoms with Crippen molar-refractivity contribution >= 4 is 24.3 Å². The Morgan fingerprint density at radius 1 is 0.750 bits per heavy atom. The highest BCUT2D eigenvalue weighted by molar-refractivity contribution is 5.70. The first-order valence-electron chi connectivity index (χ1n) is 11.6. The molecule has 0 spiro atoms. The molecule has 0 unspecified atom stereocenters. The first-order chi connectivity index (χ1) is 15.7. The Morgan fingerprint density at radius 2 is 1.28 bits per heavy atom. The predicted octanol–water partition coefficient (Wildman–Crippen LogP) is 5.84. The van der Waals surface area contributed by atoms with Crippen LogP contribution in [0, 0.1) is 5.92 Å². The normalized spacial score (nSPS) is 14.7.